The SMILES string of the molecule is CCN(CC)CC.COc1ccc(C(=O)c2cc(F)ccc2OC(=S)N(C)C)cc1. The minimum Gasteiger partial charge on any atom is -0.497 e. The van der Waals surface area contributed by atoms with Crippen LogP contribution in [-0.4, -0.2) is 61.6 Å². The first kappa shape index (κ1) is 25.5. The predicted octanol–water partition coefficient (Wildman–Crippen LogP) is 4.64. The van der Waals surface area contributed by atoms with Gasteiger partial charge in [0.1, 0.15) is 17.3 Å². The lowest BCUT2D eigenvalue weighted by Crippen LogP contribution is -2.25. The molecule has 2 aromatic carbocycles. The van der Waals surface area contributed by atoms with Crippen molar-refractivity contribution in [2.75, 3.05) is 40.8 Å². The molecule has 2 rings (SSSR count). The number of carbonyl (C=O) groups is 1. The van der Waals surface area contributed by atoms with E-state index in [0.29, 0.717) is 11.3 Å². The molecule has 0 saturated carbocycles. The van der Waals surface area contributed by atoms with Crippen LogP contribution in [0.25, 0.3) is 0 Å². The molecule has 0 N–H and O–H groups in total. The molecule has 0 atom stereocenters. The number of hydrogen-bond donors (Lipinski definition) is 0. The van der Waals surface area contributed by atoms with Gasteiger partial charge in [0.15, 0.2) is 5.78 Å². The highest BCUT2D eigenvalue weighted by Crippen LogP contribution is 2.24. The lowest BCUT2D eigenvalue weighted by atomic mass is 10.0. The maximum Gasteiger partial charge on any atom is 0.264 e. The number of halogens is 1. The van der Waals surface area contributed by atoms with Gasteiger partial charge in [0.25, 0.3) is 5.17 Å². The highest BCUT2D eigenvalue weighted by Gasteiger charge is 2.18. The Labute approximate surface area is 184 Å². The van der Waals surface area contributed by atoms with Crippen molar-refractivity contribution in [3.63, 3.8) is 0 Å². The van der Waals surface area contributed by atoms with E-state index < -0.39 is 5.82 Å². The molecule has 5 nitrogen and oxygen atoms in total. The van der Waals surface area contributed by atoms with Gasteiger partial charge >= 0.3 is 0 Å². The fourth-order valence-corrected chi connectivity index (χ4v) is 2.61. The standard InChI is InChI=1S/C17H16FNO3S.C6H15N/c1-19(2)17(23)22-15-9-6-12(18)10-14(15)16(20)11-4-7-13(21-3)8-5-11;1-4-7(5-2)6-3/h4-10H,1-3H3;4-6H2,1-3H3. The van der Waals surface area contributed by atoms with Gasteiger partial charge < -0.3 is 19.3 Å². The van der Waals surface area contributed by atoms with Gasteiger partial charge in [0.05, 0.1) is 12.7 Å². The Morgan fingerprint density at radius 2 is 1.57 bits per heavy atom. The van der Waals surface area contributed by atoms with Crippen LogP contribution in [0.4, 0.5) is 4.39 Å². The summed E-state index contributed by atoms with van der Waals surface area (Å²) in [7, 11) is 4.98. The number of ether oxygens (including phenoxy) is 2. The van der Waals surface area contributed by atoms with Crippen molar-refractivity contribution < 1.29 is 18.7 Å². The van der Waals surface area contributed by atoms with E-state index in [1.807, 2.05) is 0 Å². The highest BCUT2D eigenvalue weighted by atomic mass is 32.1. The van der Waals surface area contributed by atoms with Crippen molar-refractivity contribution in [3.8, 4) is 11.5 Å². The first-order valence-corrected chi connectivity index (χ1v) is 10.3. The Balaban J connectivity index is 0.000000553. The van der Waals surface area contributed by atoms with Crippen molar-refractivity contribution in [1.29, 1.82) is 0 Å². The van der Waals surface area contributed by atoms with Crippen molar-refractivity contribution in [1.82, 2.24) is 9.80 Å². The summed E-state index contributed by atoms with van der Waals surface area (Å²) in [6.07, 6.45) is 0. The molecule has 30 heavy (non-hydrogen) atoms. The van der Waals surface area contributed by atoms with Gasteiger partial charge in [-0.1, -0.05) is 20.8 Å². The monoisotopic (exact) mass is 434 g/mol. The maximum atomic E-state index is 13.6. The van der Waals surface area contributed by atoms with Crippen molar-refractivity contribution in [3.05, 3.63) is 59.4 Å². The number of ketones is 1. The number of methoxy groups -OCH3 is 1. The number of hydrogen-bond acceptors (Lipinski definition) is 5. The topological polar surface area (TPSA) is 42.0 Å². The molecule has 0 aromatic heterocycles. The Morgan fingerprint density at radius 3 is 2.00 bits per heavy atom. The average molecular weight is 435 g/mol. The third-order valence-corrected chi connectivity index (χ3v) is 4.89. The van der Waals surface area contributed by atoms with Crippen LogP contribution in [0.15, 0.2) is 42.5 Å². The summed E-state index contributed by atoms with van der Waals surface area (Å²) in [4.78, 5) is 16.6. The fraction of sp³-hybridized carbons (Fsp3) is 0.391. The van der Waals surface area contributed by atoms with Gasteiger partial charge in [-0.2, -0.15) is 0 Å². The van der Waals surface area contributed by atoms with Crippen LogP contribution in [0.5, 0.6) is 11.5 Å². The third-order valence-electron chi connectivity index (χ3n) is 4.44. The molecule has 0 aliphatic heterocycles. The van der Waals surface area contributed by atoms with Crippen molar-refractivity contribution in [2.24, 2.45) is 0 Å². The fourth-order valence-electron chi connectivity index (χ4n) is 2.52. The Kier molecular flexibility index (Phi) is 11.0. The Morgan fingerprint density at radius 1 is 1.00 bits per heavy atom. The normalized spacial score (nSPS) is 10.1. The van der Waals surface area contributed by atoms with E-state index in [1.165, 1.54) is 38.9 Å². The molecule has 0 aliphatic carbocycles. The van der Waals surface area contributed by atoms with Crippen LogP contribution in [0.1, 0.15) is 36.7 Å². The first-order chi connectivity index (χ1) is 14.3. The van der Waals surface area contributed by atoms with Crippen LogP contribution >= 0.6 is 12.2 Å². The minimum absolute atomic E-state index is 0.111. The number of benzene rings is 2. The number of carbonyl (C=O) groups excluding carboxylic acids is 1. The molecular weight excluding hydrogens is 403 g/mol. The van der Waals surface area contributed by atoms with Crippen molar-refractivity contribution in [2.45, 2.75) is 20.8 Å². The summed E-state index contributed by atoms with van der Waals surface area (Å²) in [5.41, 5.74) is 0.511. The van der Waals surface area contributed by atoms with Crippen LogP contribution in [0, 0.1) is 5.82 Å². The summed E-state index contributed by atoms with van der Waals surface area (Å²) >= 11 is 5.07. The molecule has 0 aliphatic rings. The van der Waals surface area contributed by atoms with E-state index in [9.17, 15) is 9.18 Å². The lowest BCUT2D eigenvalue weighted by Gasteiger charge is -2.16. The summed E-state index contributed by atoms with van der Waals surface area (Å²) in [5, 5.41) is 0.181. The summed E-state index contributed by atoms with van der Waals surface area (Å²) in [5.74, 6) is -0.0364. The van der Waals surface area contributed by atoms with E-state index in [4.69, 9.17) is 21.7 Å². The highest BCUT2D eigenvalue weighted by molar-refractivity contribution is 7.80. The van der Waals surface area contributed by atoms with E-state index in [0.717, 1.165) is 6.07 Å². The molecule has 0 bridgehead atoms. The quantitative estimate of drug-likeness (QED) is 0.467. The molecular formula is C23H31FN2O3S. The zero-order valence-corrected chi connectivity index (χ0v) is 19.4. The second-order valence-corrected chi connectivity index (χ2v) is 6.93. The first-order valence-electron chi connectivity index (χ1n) is 9.87. The van der Waals surface area contributed by atoms with Gasteiger partial charge in [-0.25, -0.2) is 4.39 Å². The van der Waals surface area contributed by atoms with E-state index >= 15 is 0 Å². The van der Waals surface area contributed by atoms with Gasteiger partial charge in [-0.05, 0) is 74.3 Å². The second kappa shape index (κ2) is 12.9. The summed E-state index contributed by atoms with van der Waals surface area (Å²) in [6, 6.07) is 10.3. The zero-order chi connectivity index (χ0) is 22.7. The number of rotatable bonds is 7. The smallest absolute Gasteiger partial charge is 0.264 e. The van der Waals surface area contributed by atoms with Gasteiger partial charge in [0.2, 0.25) is 0 Å². The lowest BCUT2D eigenvalue weighted by molar-refractivity contribution is 0.103. The van der Waals surface area contributed by atoms with Crippen LogP contribution in [-0.2, 0) is 0 Å². The van der Waals surface area contributed by atoms with Gasteiger partial charge in [-0.15, -0.1) is 0 Å². The largest absolute Gasteiger partial charge is 0.497 e. The molecule has 0 radical (unpaired) electrons. The molecule has 164 valence electrons. The Bertz CT molecular complexity index is 816. The number of thiocarbonyl (C=S) groups is 1. The molecule has 0 spiro atoms. The second-order valence-electron chi connectivity index (χ2n) is 6.58. The number of nitrogens with zero attached hydrogens (tertiary/aromatic N) is 2. The zero-order valence-electron chi connectivity index (χ0n) is 18.6. The summed E-state index contributed by atoms with van der Waals surface area (Å²) in [6.45, 7) is 10.1. The minimum atomic E-state index is -0.523. The van der Waals surface area contributed by atoms with Gasteiger partial charge in [-0.3, -0.25) is 4.79 Å². The van der Waals surface area contributed by atoms with Crippen LogP contribution in [0.3, 0.4) is 0 Å². The molecule has 0 amide bonds. The molecule has 0 heterocycles. The molecule has 0 saturated heterocycles. The van der Waals surface area contributed by atoms with E-state index in [1.54, 1.807) is 43.3 Å². The average Bonchev–Trinajstić information content (AvgIpc) is 2.76. The van der Waals surface area contributed by atoms with E-state index in [-0.39, 0.29) is 22.3 Å². The van der Waals surface area contributed by atoms with Crippen molar-refractivity contribution >= 4 is 23.2 Å². The molecule has 7 heteroatoms. The predicted molar refractivity (Wildman–Crippen MR) is 123 cm³/mol. The summed E-state index contributed by atoms with van der Waals surface area (Å²) < 4.78 is 24.1. The van der Waals surface area contributed by atoms with E-state index in [2.05, 4.69) is 25.7 Å². The Hall–Kier alpha value is -2.51. The van der Waals surface area contributed by atoms with Crippen LogP contribution in [0.2, 0.25) is 0 Å². The molecule has 2 aromatic rings. The van der Waals surface area contributed by atoms with Gasteiger partial charge in [0, 0.05) is 19.7 Å². The van der Waals surface area contributed by atoms with Crippen LogP contribution < -0.4 is 9.47 Å². The molecule has 0 unspecified atom stereocenters. The third kappa shape index (κ3) is 7.72. The molecule has 0 fully saturated rings. The maximum absolute atomic E-state index is 13.6.